The summed E-state index contributed by atoms with van der Waals surface area (Å²) in [4.78, 5) is 38.1. The molecule has 0 heterocycles. The van der Waals surface area contributed by atoms with Crippen molar-refractivity contribution in [3.63, 3.8) is 0 Å². The molecule has 0 aromatic heterocycles. The van der Waals surface area contributed by atoms with Gasteiger partial charge >= 0.3 is 17.9 Å². The first-order valence-corrected chi connectivity index (χ1v) is 28.6. The van der Waals surface area contributed by atoms with Crippen molar-refractivity contribution in [2.75, 3.05) is 13.2 Å². The molecule has 412 valence electrons. The van der Waals surface area contributed by atoms with Gasteiger partial charge in [0.05, 0.1) is 0 Å². The highest BCUT2D eigenvalue weighted by Gasteiger charge is 2.19. The van der Waals surface area contributed by atoms with Gasteiger partial charge < -0.3 is 14.2 Å². The van der Waals surface area contributed by atoms with Crippen LogP contribution in [0.3, 0.4) is 0 Å². The average molecular weight is 1030 g/mol. The van der Waals surface area contributed by atoms with Crippen LogP contribution in [0.4, 0.5) is 0 Å². The molecule has 0 N–H and O–H groups in total. The molecule has 0 saturated heterocycles. The lowest BCUT2D eigenvalue weighted by molar-refractivity contribution is -0.166. The summed E-state index contributed by atoms with van der Waals surface area (Å²) in [6, 6.07) is 0. The third kappa shape index (κ3) is 58.7. The molecule has 0 aliphatic heterocycles. The summed E-state index contributed by atoms with van der Waals surface area (Å²) >= 11 is 0. The number of esters is 3. The van der Waals surface area contributed by atoms with Crippen molar-refractivity contribution in [1.29, 1.82) is 0 Å². The predicted molar refractivity (Wildman–Crippen MR) is 324 cm³/mol. The molecule has 0 saturated carbocycles. The Kier molecular flexibility index (Phi) is 55.7. The van der Waals surface area contributed by atoms with Crippen LogP contribution in [-0.4, -0.2) is 37.2 Å². The van der Waals surface area contributed by atoms with E-state index < -0.39 is 24.0 Å². The minimum absolute atomic E-state index is 0.168. The molecule has 6 nitrogen and oxygen atoms in total. The molecule has 0 fully saturated rings. The molecule has 1 unspecified atom stereocenters. The maximum atomic E-state index is 12.9. The van der Waals surface area contributed by atoms with E-state index >= 15 is 0 Å². The van der Waals surface area contributed by atoms with Crippen molar-refractivity contribution < 1.29 is 28.6 Å². The number of hydrogen-bond donors (Lipinski definition) is 0. The zero-order valence-electron chi connectivity index (χ0n) is 47.0. The quantitative estimate of drug-likeness (QED) is 0.0261. The van der Waals surface area contributed by atoms with E-state index in [2.05, 4.69) is 203 Å². The molecule has 0 bridgehead atoms. The van der Waals surface area contributed by atoms with Crippen LogP contribution < -0.4 is 0 Å². The lowest BCUT2D eigenvalue weighted by Gasteiger charge is -2.18. The van der Waals surface area contributed by atoms with E-state index in [0.29, 0.717) is 19.3 Å². The first-order chi connectivity index (χ1) is 37.0. The van der Waals surface area contributed by atoms with Crippen molar-refractivity contribution in [3.8, 4) is 0 Å². The van der Waals surface area contributed by atoms with Gasteiger partial charge in [0.1, 0.15) is 13.2 Å². The maximum Gasteiger partial charge on any atom is 0.306 e. The Morgan fingerprint density at radius 3 is 0.773 bits per heavy atom. The van der Waals surface area contributed by atoms with Gasteiger partial charge in [-0.1, -0.05) is 234 Å². The molecule has 0 rings (SSSR count). The normalized spacial score (nSPS) is 13.7. The van der Waals surface area contributed by atoms with E-state index in [1.165, 1.54) is 0 Å². The van der Waals surface area contributed by atoms with Crippen molar-refractivity contribution in [2.24, 2.45) is 0 Å². The summed E-state index contributed by atoms with van der Waals surface area (Å²) in [5.74, 6) is -1.18. The largest absolute Gasteiger partial charge is 0.462 e. The molecular weight excluding hydrogens is 925 g/mol. The Morgan fingerprint density at radius 2 is 0.507 bits per heavy atom. The summed E-state index contributed by atoms with van der Waals surface area (Å²) in [5.41, 5.74) is 0. The van der Waals surface area contributed by atoms with Crippen molar-refractivity contribution in [3.05, 3.63) is 207 Å². The maximum absolute atomic E-state index is 12.9. The van der Waals surface area contributed by atoms with Crippen LogP contribution in [0.5, 0.6) is 0 Å². The number of carbonyl (C=O) groups excluding carboxylic acids is 3. The number of ether oxygens (including phenoxy) is 3. The number of hydrogen-bond acceptors (Lipinski definition) is 6. The second-order valence-corrected chi connectivity index (χ2v) is 17.7. The predicted octanol–water partition coefficient (Wildman–Crippen LogP) is 19.6. The summed E-state index contributed by atoms with van der Waals surface area (Å²) in [6.07, 6.45) is 94.1. The van der Waals surface area contributed by atoms with E-state index in [4.69, 9.17) is 14.2 Å². The van der Waals surface area contributed by atoms with E-state index in [1.807, 2.05) is 24.3 Å². The van der Waals surface area contributed by atoms with Gasteiger partial charge in [0.25, 0.3) is 0 Å². The fourth-order valence-corrected chi connectivity index (χ4v) is 6.64. The second kappa shape index (κ2) is 60.5. The van der Waals surface area contributed by atoms with Gasteiger partial charge in [0.15, 0.2) is 6.10 Å². The zero-order chi connectivity index (χ0) is 54.3. The highest BCUT2D eigenvalue weighted by atomic mass is 16.6. The van der Waals surface area contributed by atoms with Crippen LogP contribution in [0, 0.1) is 0 Å². The van der Waals surface area contributed by atoms with Crippen molar-refractivity contribution in [1.82, 2.24) is 0 Å². The van der Waals surface area contributed by atoms with Crippen molar-refractivity contribution >= 4 is 17.9 Å². The van der Waals surface area contributed by atoms with Gasteiger partial charge in [-0.15, -0.1) is 0 Å². The molecule has 0 radical (unpaired) electrons. The lowest BCUT2D eigenvalue weighted by atomic mass is 10.1. The number of unbranched alkanes of at least 4 members (excludes halogenated alkanes) is 3. The van der Waals surface area contributed by atoms with Gasteiger partial charge in [-0.2, -0.15) is 0 Å². The second-order valence-electron chi connectivity index (χ2n) is 17.7. The average Bonchev–Trinajstić information content (AvgIpc) is 3.41. The third-order valence-corrected chi connectivity index (χ3v) is 10.8. The minimum atomic E-state index is -0.872. The molecular formula is C69H100O6. The molecule has 0 aliphatic rings. The Labute approximate surface area is 458 Å². The SMILES string of the molecule is CC/C=C\C/C=C\C/C=C\C/C=C\C/C=C\C/C=C\CCC(=O)OCC(COC(=O)CC/C=C\C/C=C\C/C=C/C/C=C\C/C=C/C/C=C\CC)OC(=O)CCCCC/C=C\C/C=C/C/C=C\C/C=C\C/C=C\CC. The fourth-order valence-electron chi connectivity index (χ4n) is 6.64. The van der Waals surface area contributed by atoms with Gasteiger partial charge in [0.2, 0.25) is 0 Å². The van der Waals surface area contributed by atoms with E-state index in [1.54, 1.807) is 0 Å². The minimum Gasteiger partial charge on any atom is -0.462 e. The smallest absolute Gasteiger partial charge is 0.306 e. The Balaban J connectivity index is 4.73. The van der Waals surface area contributed by atoms with Crippen LogP contribution >= 0.6 is 0 Å². The molecule has 75 heavy (non-hydrogen) atoms. The first kappa shape index (κ1) is 69.0. The van der Waals surface area contributed by atoms with E-state index in [9.17, 15) is 14.4 Å². The Morgan fingerprint density at radius 1 is 0.267 bits per heavy atom. The molecule has 0 aromatic carbocycles. The highest BCUT2D eigenvalue weighted by Crippen LogP contribution is 2.09. The topological polar surface area (TPSA) is 78.9 Å². The molecule has 0 amide bonds. The molecule has 0 aliphatic carbocycles. The summed E-state index contributed by atoms with van der Waals surface area (Å²) in [7, 11) is 0. The van der Waals surface area contributed by atoms with Crippen LogP contribution in [0.15, 0.2) is 207 Å². The summed E-state index contributed by atoms with van der Waals surface area (Å²) in [6.45, 7) is 6.11. The lowest BCUT2D eigenvalue weighted by Crippen LogP contribution is -2.30. The van der Waals surface area contributed by atoms with Crippen molar-refractivity contribution in [2.45, 2.75) is 194 Å². The zero-order valence-corrected chi connectivity index (χ0v) is 47.0. The van der Waals surface area contributed by atoms with Gasteiger partial charge in [-0.3, -0.25) is 14.4 Å². The van der Waals surface area contributed by atoms with Crippen LogP contribution in [0.1, 0.15) is 188 Å². The number of rotatable bonds is 48. The molecule has 0 spiro atoms. The number of carbonyl (C=O) groups is 3. The molecule has 0 aromatic rings. The van der Waals surface area contributed by atoms with Gasteiger partial charge in [0, 0.05) is 19.3 Å². The highest BCUT2D eigenvalue weighted by molar-refractivity contribution is 5.71. The van der Waals surface area contributed by atoms with E-state index in [-0.39, 0.29) is 32.5 Å². The van der Waals surface area contributed by atoms with Crippen LogP contribution in [-0.2, 0) is 28.6 Å². The van der Waals surface area contributed by atoms with Crippen LogP contribution in [0.2, 0.25) is 0 Å². The standard InChI is InChI=1S/C69H100O6/c1-4-7-10-13-16-19-22-25-28-31-34-37-40-43-46-49-52-55-58-61-67(70)73-64-66(75-69(72)63-60-57-54-51-48-45-42-39-36-33-30-27-24-21-18-15-12-9-6-3)65-74-68(71)62-59-56-53-50-47-44-41-38-35-32-29-26-23-20-17-14-11-8-5-2/h7-12,16-21,25-30,34-39,43-48,52-53,55-56,66H,4-6,13-15,22-24,31-33,40-42,49-51,54,57-65H2,1-3H3/b10-7-,11-8-,12-9-,19-16-,20-17+,21-18-,28-25-,29-26-,30-27-,37-34-,38-35+,39-36+,46-43-,47-44-,48-45-,55-52-,56-53-. The number of allylic oxidation sites excluding steroid dienone is 34. The summed E-state index contributed by atoms with van der Waals surface area (Å²) < 4.78 is 16.7. The van der Waals surface area contributed by atoms with Gasteiger partial charge in [-0.25, -0.2) is 0 Å². The van der Waals surface area contributed by atoms with Crippen LogP contribution in [0.25, 0.3) is 0 Å². The van der Waals surface area contributed by atoms with E-state index in [0.717, 1.165) is 128 Å². The van der Waals surface area contributed by atoms with Gasteiger partial charge in [-0.05, 0) is 141 Å². The molecule has 6 heteroatoms. The summed E-state index contributed by atoms with van der Waals surface area (Å²) in [5, 5.41) is 0. The first-order valence-electron chi connectivity index (χ1n) is 28.6. The monoisotopic (exact) mass is 1020 g/mol. The Bertz CT molecular complexity index is 1800. The fraction of sp³-hybridized carbons (Fsp3) is 0.464. The molecule has 1 atom stereocenters. The Hall–Kier alpha value is -6.01. The third-order valence-electron chi connectivity index (χ3n) is 10.8.